The number of carboxylic acid groups (broad SMARTS) is 1. The van der Waals surface area contributed by atoms with Gasteiger partial charge in [0.25, 0.3) is 0 Å². The van der Waals surface area contributed by atoms with E-state index >= 15 is 0 Å². The Morgan fingerprint density at radius 1 is 1.33 bits per heavy atom. The predicted octanol–water partition coefficient (Wildman–Crippen LogP) is 3.21. The third-order valence-corrected chi connectivity index (χ3v) is 3.55. The van der Waals surface area contributed by atoms with E-state index in [1.165, 1.54) is 0 Å². The molecule has 1 aromatic carbocycles. The maximum atomic E-state index is 11.0. The highest BCUT2D eigenvalue weighted by Crippen LogP contribution is 2.41. The van der Waals surface area contributed by atoms with Crippen LogP contribution in [0.15, 0.2) is 34.8 Å². The van der Waals surface area contributed by atoms with Crippen LogP contribution in [0.5, 0.6) is 0 Å². The molecule has 18 heavy (non-hydrogen) atoms. The third kappa shape index (κ3) is 2.06. The molecule has 4 nitrogen and oxygen atoms in total. The lowest BCUT2D eigenvalue weighted by atomic mass is 10.2. The second-order valence-corrected chi connectivity index (χ2v) is 5.34. The van der Waals surface area contributed by atoms with Crippen LogP contribution in [0.2, 0.25) is 0 Å². The Kier molecular flexibility index (Phi) is 2.70. The Morgan fingerprint density at radius 3 is 2.56 bits per heavy atom. The van der Waals surface area contributed by atoms with E-state index in [-0.39, 0.29) is 5.69 Å². The normalized spacial score (nSPS) is 14.7. The minimum atomic E-state index is -0.979. The fourth-order valence-electron chi connectivity index (χ4n) is 1.96. The molecule has 1 aliphatic carbocycles. The molecule has 92 valence electrons. The van der Waals surface area contributed by atoms with Gasteiger partial charge in [0.2, 0.25) is 0 Å². The van der Waals surface area contributed by atoms with Gasteiger partial charge in [-0.2, -0.15) is 5.10 Å². The number of benzene rings is 1. The van der Waals surface area contributed by atoms with Crippen LogP contribution < -0.4 is 0 Å². The standard InChI is InChI=1S/C13H11BrN2O2/c14-9-3-5-10(6-4-9)16-12(8-1-2-8)7-11(15-16)13(17)18/h3-8H,1-2H2,(H,17,18). The maximum Gasteiger partial charge on any atom is 0.356 e. The first kappa shape index (κ1) is 11.5. The van der Waals surface area contributed by atoms with Crippen molar-refractivity contribution in [2.75, 3.05) is 0 Å². The topological polar surface area (TPSA) is 55.1 Å². The van der Waals surface area contributed by atoms with Gasteiger partial charge in [-0.1, -0.05) is 15.9 Å². The molecule has 0 amide bonds. The number of aromatic carboxylic acids is 1. The summed E-state index contributed by atoms with van der Waals surface area (Å²) in [6, 6.07) is 9.38. The zero-order valence-corrected chi connectivity index (χ0v) is 11.1. The molecule has 3 rings (SSSR count). The minimum absolute atomic E-state index is 0.111. The Hall–Kier alpha value is -1.62. The van der Waals surface area contributed by atoms with Gasteiger partial charge in [0, 0.05) is 16.1 Å². The smallest absolute Gasteiger partial charge is 0.356 e. The van der Waals surface area contributed by atoms with Gasteiger partial charge in [0.1, 0.15) is 0 Å². The molecule has 1 N–H and O–H groups in total. The quantitative estimate of drug-likeness (QED) is 0.947. The number of aromatic nitrogens is 2. The molecule has 0 atom stereocenters. The van der Waals surface area contributed by atoms with E-state index in [9.17, 15) is 4.79 Å². The monoisotopic (exact) mass is 306 g/mol. The molecule has 5 heteroatoms. The van der Waals surface area contributed by atoms with Crippen molar-refractivity contribution in [2.24, 2.45) is 0 Å². The Bertz CT molecular complexity index is 600. The summed E-state index contributed by atoms with van der Waals surface area (Å²) in [5.74, 6) is -0.526. The van der Waals surface area contributed by atoms with E-state index in [0.29, 0.717) is 5.92 Å². The van der Waals surface area contributed by atoms with E-state index in [1.807, 2.05) is 24.3 Å². The molecule has 1 heterocycles. The van der Waals surface area contributed by atoms with Crippen molar-refractivity contribution in [3.05, 3.63) is 46.2 Å². The van der Waals surface area contributed by atoms with Gasteiger partial charge < -0.3 is 5.11 Å². The number of halogens is 1. The molecule has 0 unspecified atom stereocenters. The van der Waals surface area contributed by atoms with Crippen LogP contribution in [0.25, 0.3) is 5.69 Å². The summed E-state index contributed by atoms with van der Waals surface area (Å²) in [4.78, 5) is 11.0. The highest BCUT2D eigenvalue weighted by Gasteiger charge is 2.29. The highest BCUT2D eigenvalue weighted by molar-refractivity contribution is 9.10. The van der Waals surface area contributed by atoms with Crippen LogP contribution in [-0.2, 0) is 0 Å². The van der Waals surface area contributed by atoms with Gasteiger partial charge in [-0.3, -0.25) is 0 Å². The van der Waals surface area contributed by atoms with Gasteiger partial charge in [0.15, 0.2) is 5.69 Å². The van der Waals surface area contributed by atoms with Gasteiger partial charge >= 0.3 is 5.97 Å². The largest absolute Gasteiger partial charge is 0.476 e. The third-order valence-electron chi connectivity index (χ3n) is 3.02. The van der Waals surface area contributed by atoms with Crippen molar-refractivity contribution in [3.8, 4) is 5.69 Å². The van der Waals surface area contributed by atoms with Crippen LogP contribution in [0, 0.1) is 0 Å². The van der Waals surface area contributed by atoms with E-state index in [1.54, 1.807) is 10.7 Å². The average Bonchev–Trinajstić information content (AvgIpc) is 3.09. The van der Waals surface area contributed by atoms with Crippen LogP contribution in [-0.4, -0.2) is 20.9 Å². The van der Waals surface area contributed by atoms with Gasteiger partial charge in [-0.05, 0) is 43.2 Å². The molecule has 1 fully saturated rings. The number of nitrogens with zero attached hydrogens (tertiary/aromatic N) is 2. The molecule has 2 aromatic rings. The van der Waals surface area contributed by atoms with Crippen molar-refractivity contribution in [3.63, 3.8) is 0 Å². The molecule has 0 aliphatic heterocycles. The molecule has 0 bridgehead atoms. The lowest BCUT2D eigenvalue weighted by Crippen LogP contribution is -2.03. The van der Waals surface area contributed by atoms with Crippen LogP contribution in [0.1, 0.15) is 34.9 Å². The fourth-order valence-corrected chi connectivity index (χ4v) is 2.22. The second-order valence-electron chi connectivity index (χ2n) is 4.42. The summed E-state index contributed by atoms with van der Waals surface area (Å²) < 4.78 is 2.73. The number of carbonyl (C=O) groups is 1. The molecule has 1 saturated carbocycles. The van der Waals surface area contributed by atoms with E-state index in [2.05, 4.69) is 21.0 Å². The molecule has 0 radical (unpaired) electrons. The zero-order chi connectivity index (χ0) is 12.7. The lowest BCUT2D eigenvalue weighted by molar-refractivity contribution is 0.0690. The summed E-state index contributed by atoms with van der Waals surface area (Å²) in [6.07, 6.45) is 2.22. The average molecular weight is 307 g/mol. The first-order valence-electron chi connectivity index (χ1n) is 5.74. The van der Waals surface area contributed by atoms with E-state index < -0.39 is 5.97 Å². The number of carboxylic acids is 1. The molecule has 1 aromatic heterocycles. The van der Waals surface area contributed by atoms with Crippen LogP contribution >= 0.6 is 15.9 Å². The summed E-state index contributed by atoms with van der Waals surface area (Å²) in [5.41, 5.74) is 2.00. The molecular formula is C13H11BrN2O2. The Labute approximate surface area is 112 Å². The molecule has 0 saturated heterocycles. The van der Waals surface area contributed by atoms with Gasteiger partial charge in [-0.15, -0.1) is 0 Å². The summed E-state index contributed by atoms with van der Waals surface area (Å²) in [7, 11) is 0. The van der Waals surface area contributed by atoms with Crippen molar-refractivity contribution in [1.29, 1.82) is 0 Å². The second kappa shape index (κ2) is 4.24. The highest BCUT2D eigenvalue weighted by atomic mass is 79.9. The number of hydrogen-bond donors (Lipinski definition) is 1. The van der Waals surface area contributed by atoms with Gasteiger partial charge in [-0.25, -0.2) is 9.48 Å². The zero-order valence-electron chi connectivity index (χ0n) is 9.51. The van der Waals surface area contributed by atoms with Crippen LogP contribution in [0.3, 0.4) is 0 Å². The lowest BCUT2D eigenvalue weighted by Gasteiger charge is -2.06. The van der Waals surface area contributed by atoms with Crippen molar-refractivity contribution in [2.45, 2.75) is 18.8 Å². The summed E-state index contributed by atoms with van der Waals surface area (Å²) in [5, 5.41) is 13.2. The van der Waals surface area contributed by atoms with Crippen LogP contribution in [0.4, 0.5) is 0 Å². The molecule has 1 aliphatic rings. The van der Waals surface area contributed by atoms with E-state index in [0.717, 1.165) is 28.7 Å². The Morgan fingerprint density at radius 2 is 2.00 bits per heavy atom. The number of rotatable bonds is 3. The van der Waals surface area contributed by atoms with Gasteiger partial charge in [0.05, 0.1) is 5.69 Å². The van der Waals surface area contributed by atoms with Crippen molar-refractivity contribution >= 4 is 21.9 Å². The van der Waals surface area contributed by atoms with Crippen molar-refractivity contribution in [1.82, 2.24) is 9.78 Å². The van der Waals surface area contributed by atoms with Crippen molar-refractivity contribution < 1.29 is 9.90 Å². The SMILES string of the molecule is O=C(O)c1cc(C2CC2)n(-c2ccc(Br)cc2)n1. The molecule has 0 spiro atoms. The Balaban J connectivity index is 2.09. The minimum Gasteiger partial charge on any atom is -0.476 e. The first-order valence-corrected chi connectivity index (χ1v) is 6.53. The molecular weight excluding hydrogens is 296 g/mol. The predicted molar refractivity (Wildman–Crippen MR) is 70.2 cm³/mol. The fraction of sp³-hybridized carbons (Fsp3) is 0.231. The van der Waals surface area contributed by atoms with E-state index in [4.69, 9.17) is 5.11 Å². The summed E-state index contributed by atoms with van der Waals surface area (Å²) in [6.45, 7) is 0. The maximum absolute atomic E-state index is 11.0. The first-order chi connectivity index (χ1) is 8.65. The summed E-state index contributed by atoms with van der Waals surface area (Å²) >= 11 is 3.38. The number of hydrogen-bond acceptors (Lipinski definition) is 2.